The molecule has 0 aliphatic heterocycles. The molecule has 0 aromatic rings. The molecule has 4 nitrogen and oxygen atoms in total. The smallest absolute Gasteiger partial charge is 0.314 e. The lowest BCUT2D eigenvalue weighted by Crippen LogP contribution is -2.62. The van der Waals surface area contributed by atoms with Gasteiger partial charge in [-0.2, -0.15) is 0 Å². The monoisotopic (exact) mass is 255 g/mol. The van der Waals surface area contributed by atoms with Crippen LogP contribution in [-0.2, 0) is 14.3 Å². The first-order valence-electron chi connectivity index (χ1n) is 6.77. The number of carbonyl (C=O) groups excluding carboxylic acids is 1. The molecule has 0 aromatic carbocycles. The Kier molecular flexibility index (Phi) is 3.23. The average Bonchev–Trinajstić information content (AvgIpc) is 2.28. The minimum absolute atomic E-state index is 0.0941. The minimum Gasteiger partial charge on any atom is -0.459 e. The fraction of sp³-hybridized carbons (Fsp3) is 0.929. The van der Waals surface area contributed by atoms with E-state index in [-0.39, 0.29) is 17.6 Å². The molecule has 2 N–H and O–H groups in total. The topological polar surface area (TPSA) is 61.5 Å². The van der Waals surface area contributed by atoms with E-state index in [9.17, 15) is 4.79 Å². The van der Waals surface area contributed by atoms with Crippen molar-refractivity contribution < 1.29 is 14.3 Å². The Morgan fingerprint density at radius 3 is 2.17 bits per heavy atom. The Morgan fingerprint density at radius 2 is 1.78 bits per heavy atom. The second-order valence-electron chi connectivity index (χ2n) is 6.86. The van der Waals surface area contributed by atoms with E-state index in [1.54, 1.807) is 7.11 Å². The number of fused-ring (bicyclic) bond motifs is 3. The number of hydrogen-bond acceptors (Lipinski definition) is 4. The molecule has 0 radical (unpaired) electrons. The van der Waals surface area contributed by atoms with Gasteiger partial charge in [-0.15, -0.1) is 0 Å². The van der Waals surface area contributed by atoms with Gasteiger partial charge in [0.25, 0.3) is 0 Å². The van der Waals surface area contributed by atoms with Crippen molar-refractivity contribution in [3.63, 3.8) is 0 Å². The SMILES string of the molecule is COC12CCC(C(=O)OC(C)(C)C)(CC1)C(N)C2. The number of ether oxygens (including phenoxy) is 2. The summed E-state index contributed by atoms with van der Waals surface area (Å²) < 4.78 is 11.2. The van der Waals surface area contributed by atoms with E-state index in [4.69, 9.17) is 15.2 Å². The summed E-state index contributed by atoms with van der Waals surface area (Å²) in [7, 11) is 1.75. The van der Waals surface area contributed by atoms with Crippen molar-refractivity contribution in [2.45, 2.75) is 70.1 Å². The van der Waals surface area contributed by atoms with Crippen molar-refractivity contribution in [2.75, 3.05) is 7.11 Å². The highest BCUT2D eigenvalue weighted by Crippen LogP contribution is 2.53. The predicted molar refractivity (Wildman–Crippen MR) is 69.1 cm³/mol. The summed E-state index contributed by atoms with van der Waals surface area (Å²) in [6.45, 7) is 5.70. The summed E-state index contributed by atoms with van der Waals surface area (Å²) in [5, 5.41) is 0. The number of esters is 1. The largest absolute Gasteiger partial charge is 0.459 e. The molecule has 0 spiro atoms. The van der Waals surface area contributed by atoms with Crippen LogP contribution in [0.15, 0.2) is 0 Å². The van der Waals surface area contributed by atoms with Crippen molar-refractivity contribution >= 4 is 5.97 Å². The van der Waals surface area contributed by atoms with Crippen LogP contribution < -0.4 is 5.73 Å². The third kappa shape index (κ3) is 2.16. The van der Waals surface area contributed by atoms with Gasteiger partial charge < -0.3 is 15.2 Å². The summed E-state index contributed by atoms with van der Waals surface area (Å²) in [6, 6.07) is -0.144. The van der Waals surface area contributed by atoms with Gasteiger partial charge in [-0.1, -0.05) is 0 Å². The molecule has 1 unspecified atom stereocenters. The maximum absolute atomic E-state index is 12.5. The van der Waals surface area contributed by atoms with Crippen molar-refractivity contribution in [1.82, 2.24) is 0 Å². The van der Waals surface area contributed by atoms with Gasteiger partial charge in [-0.3, -0.25) is 4.79 Å². The van der Waals surface area contributed by atoms with Crippen molar-refractivity contribution in [2.24, 2.45) is 11.1 Å². The first kappa shape index (κ1) is 13.8. The maximum atomic E-state index is 12.5. The second kappa shape index (κ2) is 4.20. The zero-order chi connectivity index (χ0) is 13.6. The van der Waals surface area contributed by atoms with Gasteiger partial charge in [0.2, 0.25) is 0 Å². The first-order valence-corrected chi connectivity index (χ1v) is 6.77. The maximum Gasteiger partial charge on any atom is 0.314 e. The fourth-order valence-electron chi connectivity index (χ4n) is 3.35. The lowest BCUT2D eigenvalue weighted by atomic mass is 9.56. The molecule has 0 heterocycles. The average molecular weight is 255 g/mol. The quantitative estimate of drug-likeness (QED) is 0.767. The zero-order valence-electron chi connectivity index (χ0n) is 11.9. The molecule has 0 amide bonds. The van der Waals surface area contributed by atoms with Crippen LogP contribution in [0.25, 0.3) is 0 Å². The van der Waals surface area contributed by atoms with Crippen molar-refractivity contribution in [1.29, 1.82) is 0 Å². The van der Waals surface area contributed by atoms with Crippen LogP contribution >= 0.6 is 0 Å². The lowest BCUT2D eigenvalue weighted by molar-refractivity contribution is -0.188. The van der Waals surface area contributed by atoms with Gasteiger partial charge in [-0.05, 0) is 52.9 Å². The van der Waals surface area contributed by atoms with Crippen LogP contribution in [-0.4, -0.2) is 30.3 Å². The fourth-order valence-corrected chi connectivity index (χ4v) is 3.35. The van der Waals surface area contributed by atoms with Crippen LogP contribution in [0.2, 0.25) is 0 Å². The third-order valence-electron chi connectivity index (χ3n) is 4.59. The van der Waals surface area contributed by atoms with Gasteiger partial charge in [0.05, 0.1) is 11.0 Å². The summed E-state index contributed by atoms with van der Waals surface area (Å²) >= 11 is 0. The molecule has 3 aliphatic rings. The van der Waals surface area contributed by atoms with Gasteiger partial charge >= 0.3 is 5.97 Å². The summed E-state index contributed by atoms with van der Waals surface area (Å²) in [5.41, 5.74) is 5.24. The number of methoxy groups -OCH3 is 1. The number of rotatable bonds is 2. The summed E-state index contributed by atoms with van der Waals surface area (Å²) in [6.07, 6.45) is 4.17. The van der Waals surface area contributed by atoms with E-state index >= 15 is 0 Å². The van der Waals surface area contributed by atoms with E-state index in [0.29, 0.717) is 0 Å². The number of hydrogen-bond donors (Lipinski definition) is 1. The van der Waals surface area contributed by atoms with Crippen LogP contribution in [0, 0.1) is 5.41 Å². The number of carbonyl (C=O) groups is 1. The lowest BCUT2D eigenvalue weighted by Gasteiger charge is -2.54. The van der Waals surface area contributed by atoms with Crippen LogP contribution in [0.1, 0.15) is 52.9 Å². The standard InChI is InChI=1S/C14H25NO3/c1-12(2,3)18-11(16)14-7-5-13(17-4,6-8-14)9-10(14)15/h10H,5-9,15H2,1-4H3. The Bertz CT molecular complexity index is 337. The molecule has 0 aromatic heterocycles. The van der Waals surface area contributed by atoms with Crippen LogP contribution in [0.4, 0.5) is 0 Å². The van der Waals surface area contributed by atoms with Crippen LogP contribution in [0.5, 0.6) is 0 Å². The first-order chi connectivity index (χ1) is 8.23. The third-order valence-corrected chi connectivity index (χ3v) is 4.59. The molecule has 4 heteroatoms. The van der Waals surface area contributed by atoms with E-state index < -0.39 is 11.0 Å². The Labute approximate surface area is 109 Å². The van der Waals surface area contributed by atoms with Gasteiger partial charge in [0.15, 0.2) is 0 Å². The normalized spacial score (nSPS) is 39.7. The number of nitrogens with two attached hydrogens (primary N) is 1. The molecule has 3 fully saturated rings. The molecular weight excluding hydrogens is 230 g/mol. The molecule has 2 bridgehead atoms. The molecule has 3 rings (SSSR count). The summed E-state index contributed by atoms with van der Waals surface area (Å²) in [4.78, 5) is 12.5. The molecule has 18 heavy (non-hydrogen) atoms. The second-order valence-corrected chi connectivity index (χ2v) is 6.86. The Morgan fingerprint density at radius 1 is 1.22 bits per heavy atom. The van der Waals surface area contributed by atoms with Gasteiger partial charge in [0, 0.05) is 13.2 Å². The van der Waals surface area contributed by atoms with E-state index in [1.807, 2.05) is 20.8 Å². The summed E-state index contributed by atoms with van der Waals surface area (Å²) in [5.74, 6) is -0.119. The van der Waals surface area contributed by atoms with E-state index in [2.05, 4.69) is 0 Å². The molecule has 104 valence electrons. The molecule has 1 atom stereocenters. The van der Waals surface area contributed by atoms with E-state index in [0.717, 1.165) is 32.1 Å². The molecule has 3 saturated carbocycles. The minimum atomic E-state index is -0.479. The van der Waals surface area contributed by atoms with Gasteiger partial charge in [-0.25, -0.2) is 0 Å². The zero-order valence-corrected chi connectivity index (χ0v) is 11.9. The predicted octanol–water partition coefficient (Wildman–Crippen LogP) is 2.00. The van der Waals surface area contributed by atoms with E-state index in [1.165, 1.54) is 0 Å². The van der Waals surface area contributed by atoms with Crippen LogP contribution in [0.3, 0.4) is 0 Å². The van der Waals surface area contributed by atoms with Gasteiger partial charge in [0.1, 0.15) is 5.60 Å². The van der Waals surface area contributed by atoms with Crippen molar-refractivity contribution in [3.05, 3.63) is 0 Å². The Hall–Kier alpha value is -0.610. The Balaban J connectivity index is 2.16. The van der Waals surface area contributed by atoms with Crippen molar-refractivity contribution in [3.8, 4) is 0 Å². The highest BCUT2D eigenvalue weighted by molar-refractivity contribution is 5.79. The molecular formula is C14H25NO3. The molecule has 3 aliphatic carbocycles. The molecule has 0 saturated heterocycles. The highest BCUT2D eigenvalue weighted by Gasteiger charge is 2.58. The highest BCUT2D eigenvalue weighted by atomic mass is 16.6.